The van der Waals surface area contributed by atoms with Crippen LogP contribution in [0.15, 0.2) is 34.4 Å². The van der Waals surface area contributed by atoms with Crippen LogP contribution in [-0.2, 0) is 0 Å². The Morgan fingerprint density at radius 1 is 1.40 bits per heavy atom. The Balaban J connectivity index is 2.92. The quantitative estimate of drug-likeness (QED) is 0.845. The van der Waals surface area contributed by atoms with Crippen LogP contribution in [-0.4, -0.2) is 0 Å². The topological polar surface area (TPSA) is 59.6 Å². The Kier molecular flexibility index (Phi) is 4.17. The Morgan fingerprint density at radius 3 is 2.67 bits per heavy atom. The largest absolute Gasteiger partial charge is 0.359 e. The molecule has 3 nitrogen and oxygen atoms in total. The molecule has 0 saturated carbocycles. The second kappa shape index (κ2) is 5.41. The highest BCUT2D eigenvalue weighted by Crippen LogP contribution is 2.25. The molecule has 1 N–H and O–H groups in total. The van der Waals surface area contributed by atoms with Crippen molar-refractivity contribution >= 4 is 33.2 Å². The van der Waals surface area contributed by atoms with Crippen molar-refractivity contribution < 1.29 is 0 Å². The maximum Gasteiger partial charge on any atom is 0.145 e. The predicted octanol–water partition coefficient (Wildman–Crippen LogP) is 3.45. The Bertz CT molecular complexity index is 466. The monoisotopic (exact) mass is 281 g/mol. The maximum atomic E-state index is 8.50. The molecule has 0 spiro atoms. The third kappa shape index (κ3) is 3.28. The Hall–Kier alpha value is -1.49. The second-order valence-corrected chi connectivity index (χ2v) is 3.87. The summed E-state index contributed by atoms with van der Waals surface area (Å²) in [5, 5.41) is 20.3. The van der Waals surface area contributed by atoms with E-state index in [1.165, 1.54) is 6.20 Å². The van der Waals surface area contributed by atoms with Crippen LogP contribution in [0.2, 0.25) is 5.02 Å². The van der Waals surface area contributed by atoms with Crippen molar-refractivity contribution in [1.82, 2.24) is 0 Å². The number of nitriles is 2. The lowest BCUT2D eigenvalue weighted by molar-refractivity contribution is 1.44. The summed E-state index contributed by atoms with van der Waals surface area (Å²) in [4.78, 5) is 0. The molecule has 0 atom stereocenters. The lowest BCUT2D eigenvalue weighted by Crippen LogP contribution is -1.90. The summed E-state index contributed by atoms with van der Waals surface area (Å²) in [7, 11) is 0. The minimum absolute atomic E-state index is 0.00829. The first kappa shape index (κ1) is 11.6. The van der Waals surface area contributed by atoms with Gasteiger partial charge in [0.1, 0.15) is 17.7 Å². The molecule has 0 fully saturated rings. The van der Waals surface area contributed by atoms with Gasteiger partial charge in [0.25, 0.3) is 0 Å². The zero-order valence-electron chi connectivity index (χ0n) is 7.46. The van der Waals surface area contributed by atoms with Crippen LogP contribution < -0.4 is 5.32 Å². The molecule has 1 aromatic carbocycles. The number of hydrogen-bond donors (Lipinski definition) is 1. The van der Waals surface area contributed by atoms with E-state index in [2.05, 4.69) is 21.2 Å². The van der Waals surface area contributed by atoms with E-state index in [1.807, 2.05) is 0 Å². The predicted molar refractivity (Wildman–Crippen MR) is 62.1 cm³/mol. The molecule has 74 valence electrons. The molecular formula is C10H5BrClN3. The van der Waals surface area contributed by atoms with Crippen LogP contribution in [0.5, 0.6) is 0 Å². The number of nitrogens with zero attached hydrogens (tertiary/aromatic N) is 2. The van der Waals surface area contributed by atoms with Gasteiger partial charge in [0.2, 0.25) is 0 Å². The van der Waals surface area contributed by atoms with Gasteiger partial charge in [-0.2, -0.15) is 10.5 Å². The van der Waals surface area contributed by atoms with E-state index in [-0.39, 0.29) is 5.57 Å². The normalized spacial score (nSPS) is 8.53. The molecule has 1 aromatic rings. The number of rotatable bonds is 2. The number of halogens is 2. The molecule has 0 heterocycles. The first-order chi connectivity index (χ1) is 7.17. The van der Waals surface area contributed by atoms with Gasteiger partial charge in [0.05, 0.1) is 10.7 Å². The molecule has 0 saturated heterocycles. The van der Waals surface area contributed by atoms with Crippen molar-refractivity contribution in [3.8, 4) is 12.1 Å². The fourth-order valence-corrected chi connectivity index (χ4v) is 1.38. The van der Waals surface area contributed by atoms with Gasteiger partial charge in [-0.3, -0.25) is 0 Å². The van der Waals surface area contributed by atoms with Crippen molar-refractivity contribution in [2.24, 2.45) is 0 Å². The van der Waals surface area contributed by atoms with Crippen molar-refractivity contribution in [3.05, 3.63) is 39.5 Å². The highest BCUT2D eigenvalue weighted by Gasteiger charge is 1.99. The van der Waals surface area contributed by atoms with Crippen molar-refractivity contribution in [3.63, 3.8) is 0 Å². The Morgan fingerprint density at radius 2 is 2.07 bits per heavy atom. The van der Waals surface area contributed by atoms with Gasteiger partial charge in [0, 0.05) is 10.7 Å². The van der Waals surface area contributed by atoms with Crippen LogP contribution in [0.3, 0.4) is 0 Å². The standard InChI is InChI=1S/C10H5BrClN3/c11-8-1-2-9(12)10(3-8)15-6-7(4-13)5-14/h1-3,6,15H. The molecule has 0 aliphatic carbocycles. The minimum Gasteiger partial charge on any atom is -0.359 e. The maximum absolute atomic E-state index is 8.50. The third-order valence-electron chi connectivity index (χ3n) is 1.54. The minimum atomic E-state index is -0.00829. The number of anilines is 1. The molecule has 0 aliphatic rings. The fraction of sp³-hybridized carbons (Fsp3) is 0. The number of hydrogen-bond acceptors (Lipinski definition) is 3. The SMILES string of the molecule is N#CC(C#N)=CNc1cc(Br)ccc1Cl. The van der Waals surface area contributed by atoms with Gasteiger partial charge in [-0.1, -0.05) is 27.5 Å². The van der Waals surface area contributed by atoms with E-state index < -0.39 is 0 Å². The van der Waals surface area contributed by atoms with E-state index in [0.29, 0.717) is 10.7 Å². The molecular weight excluding hydrogens is 277 g/mol. The summed E-state index contributed by atoms with van der Waals surface area (Å²) in [6, 6.07) is 8.74. The van der Waals surface area contributed by atoms with E-state index in [4.69, 9.17) is 22.1 Å². The van der Waals surface area contributed by atoms with Crippen LogP contribution in [0, 0.1) is 22.7 Å². The molecule has 5 heteroatoms. The van der Waals surface area contributed by atoms with Crippen LogP contribution in [0.4, 0.5) is 5.69 Å². The van der Waals surface area contributed by atoms with E-state index in [9.17, 15) is 0 Å². The molecule has 1 rings (SSSR count). The summed E-state index contributed by atoms with van der Waals surface area (Å²) in [6.07, 6.45) is 1.31. The van der Waals surface area contributed by atoms with Crippen LogP contribution in [0.25, 0.3) is 0 Å². The van der Waals surface area contributed by atoms with Gasteiger partial charge < -0.3 is 5.32 Å². The summed E-state index contributed by atoms with van der Waals surface area (Å²) in [5.41, 5.74) is 0.625. The van der Waals surface area contributed by atoms with Crippen LogP contribution >= 0.6 is 27.5 Å². The highest BCUT2D eigenvalue weighted by molar-refractivity contribution is 9.10. The van der Waals surface area contributed by atoms with Gasteiger partial charge in [0.15, 0.2) is 0 Å². The third-order valence-corrected chi connectivity index (χ3v) is 2.36. The van der Waals surface area contributed by atoms with Gasteiger partial charge >= 0.3 is 0 Å². The summed E-state index contributed by atoms with van der Waals surface area (Å²) in [5.74, 6) is 0. The first-order valence-corrected chi connectivity index (χ1v) is 5.06. The van der Waals surface area contributed by atoms with E-state index in [1.54, 1.807) is 30.3 Å². The van der Waals surface area contributed by atoms with Crippen LogP contribution in [0.1, 0.15) is 0 Å². The van der Waals surface area contributed by atoms with Crippen molar-refractivity contribution in [1.29, 1.82) is 10.5 Å². The van der Waals surface area contributed by atoms with Crippen molar-refractivity contribution in [2.75, 3.05) is 5.32 Å². The fourth-order valence-electron chi connectivity index (χ4n) is 0.848. The van der Waals surface area contributed by atoms with E-state index >= 15 is 0 Å². The molecule has 0 unspecified atom stereocenters. The zero-order chi connectivity index (χ0) is 11.3. The van der Waals surface area contributed by atoms with Crippen molar-refractivity contribution in [2.45, 2.75) is 0 Å². The average molecular weight is 283 g/mol. The Labute approximate surface area is 101 Å². The van der Waals surface area contributed by atoms with E-state index in [0.717, 1.165) is 4.47 Å². The smallest absolute Gasteiger partial charge is 0.145 e. The summed E-state index contributed by atoms with van der Waals surface area (Å²) in [6.45, 7) is 0. The lowest BCUT2D eigenvalue weighted by atomic mass is 10.3. The molecule has 0 aliphatic heterocycles. The molecule has 0 aromatic heterocycles. The molecule has 0 amide bonds. The summed E-state index contributed by atoms with van der Waals surface area (Å²) < 4.78 is 0.860. The number of benzene rings is 1. The summed E-state index contributed by atoms with van der Waals surface area (Å²) >= 11 is 9.18. The zero-order valence-corrected chi connectivity index (χ0v) is 9.80. The molecule has 15 heavy (non-hydrogen) atoms. The second-order valence-electron chi connectivity index (χ2n) is 2.55. The van der Waals surface area contributed by atoms with Gasteiger partial charge in [-0.15, -0.1) is 0 Å². The molecule has 0 radical (unpaired) electrons. The molecule has 0 bridgehead atoms. The van der Waals surface area contributed by atoms with Gasteiger partial charge in [-0.25, -0.2) is 0 Å². The lowest BCUT2D eigenvalue weighted by Gasteiger charge is -2.03. The number of nitrogens with one attached hydrogen (secondary N) is 1. The highest BCUT2D eigenvalue weighted by atomic mass is 79.9. The number of allylic oxidation sites excluding steroid dienone is 1. The first-order valence-electron chi connectivity index (χ1n) is 3.89. The average Bonchev–Trinajstić information content (AvgIpc) is 2.24. The van der Waals surface area contributed by atoms with Gasteiger partial charge in [-0.05, 0) is 18.2 Å².